The maximum atomic E-state index is 6.41. The van der Waals surface area contributed by atoms with Gasteiger partial charge in [0.1, 0.15) is 5.75 Å². The summed E-state index contributed by atoms with van der Waals surface area (Å²) < 4.78 is 6.81. The van der Waals surface area contributed by atoms with E-state index < -0.39 is 0 Å². The van der Waals surface area contributed by atoms with Crippen LogP contribution in [0.3, 0.4) is 0 Å². The van der Waals surface area contributed by atoms with E-state index in [1.54, 1.807) is 0 Å². The lowest BCUT2D eigenvalue weighted by molar-refractivity contribution is 0.352. The number of ether oxygens (including phenoxy) is 1. The molecule has 2 aromatic rings. The third kappa shape index (κ3) is 2.40. The van der Waals surface area contributed by atoms with Crippen molar-refractivity contribution >= 4 is 15.9 Å². The van der Waals surface area contributed by atoms with Gasteiger partial charge in [-0.1, -0.05) is 45.8 Å². The molecule has 0 radical (unpaired) electrons. The molecule has 1 aliphatic rings. The van der Waals surface area contributed by atoms with Gasteiger partial charge >= 0.3 is 0 Å². The van der Waals surface area contributed by atoms with Crippen molar-refractivity contribution in [2.45, 2.75) is 19.4 Å². The zero-order valence-corrected chi connectivity index (χ0v) is 12.4. The fourth-order valence-corrected chi connectivity index (χ4v) is 3.01. The second kappa shape index (κ2) is 4.99. The molecule has 3 rings (SSSR count). The Bertz CT molecular complexity index is 607. The number of fused-ring (bicyclic) bond motifs is 1. The quantitative estimate of drug-likeness (QED) is 0.915. The summed E-state index contributed by atoms with van der Waals surface area (Å²) in [5.74, 6) is 0.969. The number of halogens is 1. The second-order valence-corrected chi connectivity index (χ2v) is 5.89. The van der Waals surface area contributed by atoms with Gasteiger partial charge in [0.15, 0.2) is 0 Å². The van der Waals surface area contributed by atoms with E-state index in [9.17, 15) is 0 Å². The van der Waals surface area contributed by atoms with E-state index in [2.05, 4.69) is 59.3 Å². The molecule has 1 heterocycles. The molecular weight excluding hydrogens is 302 g/mol. The van der Waals surface area contributed by atoms with Crippen LogP contribution in [-0.2, 0) is 6.42 Å². The van der Waals surface area contributed by atoms with Crippen molar-refractivity contribution in [1.82, 2.24) is 0 Å². The van der Waals surface area contributed by atoms with E-state index in [1.165, 1.54) is 11.1 Å². The first-order chi connectivity index (χ1) is 9.15. The van der Waals surface area contributed by atoms with E-state index in [0.29, 0.717) is 0 Å². The molecule has 1 unspecified atom stereocenters. The molecule has 0 saturated carbocycles. The topological polar surface area (TPSA) is 35.2 Å². The van der Waals surface area contributed by atoms with E-state index >= 15 is 0 Å². The summed E-state index contributed by atoms with van der Waals surface area (Å²) in [7, 11) is 0. The van der Waals surface area contributed by atoms with Crippen molar-refractivity contribution in [3.05, 3.63) is 63.1 Å². The number of nitrogens with two attached hydrogens (primary N) is 1. The van der Waals surface area contributed by atoms with Crippen molar-refractivity contribution in [3.8, 4) is 5.75 Å². The molecule has 19 heavy (non-hydrogen) atoms. The van der Waals surface area contributed by atoms with Gasteiger partial charge < -0.3 is 10.5 Å². The standard InChI is InChI=1S/C16H16BrNO/c1-10-2-4-11(5-3-10)15(18)14-9-13(17)8-12-6-7-19-16(12)14/h2-5,8-9,15H,6-7,18H2,1H3. The molecule has 1 atom stereocenters. The van der Waals surface area contributed by atoms with Crippen LogP contribution in [0, 0.1) is 6.92 Å². The Morgan fingerprint density at radius 1 is 1.21 bits per heavy atom. The lowest BCUT2D eigenvalue weighted by Gasteiger charge is -2.17. The van der Waals surface area contributed by atoms with Crippen molar-refractivity contribution in [1.29, 1.82) is 0 Å². The molecule has 0 spiro atoms. The minimum Gasteiger partial charge on any atom is -0.493 e. The number of hydrogen-bond acceptors (Lipinski definition) is 2. The summed E-state index contributed by atoms with van der Waals surface area (Å²) in [6.45, 7) is 2.83. The number of benzene rings is 2. The molecule has 0 bridgehead atoms. The van der Waals surface area contributed by atoms with Crippen molar-refractivity contribution in [2.75, 3.05) is 6.61 Å². The fraction of sp³-hybridized carbons (Fsp3) is 0.250. The summed E-state index contributed by atoms with van der Waals surface area (Å²) in [6, 6.07) is 12.4. The van der Waals surface area contributed by atoms with E-state index in [4.69, 9.17) is 10.5 Å². The van der Waals surface area contributed by atoms with Crippen LogP contribution in [0.25, 0.3) is 0 Å². The summed E-state index contributed by atoms with van der Waals surface area (Å²) >= 11 is 3.56. The highest BCUT2D eigenvalue weighted by Gasteiger charge is 2.22. The molecule has 0 aliphatic carbocycles. The molecule has 0 aromatic heterocycles. The van der Waals surface area contributed by atoms with Crippen LogP contribution in [0.1, 0.15) is 28.3 Å². The largest absolute Gasteiger partial charge is 0.493 e. The first-order valence-electron chi connectivity index (χ1n) is 6.42. The monoisotopic (exact) mass is 317 g/mol. The average molecular weight is 318 g/mol. The number of hydrogen-bond donors (Lipinski definition) is 1. The van der Waals surface area contributed by atoms with Gasteiger partial charge in [-0.25, -0.2) is 0 Å². The van der Waals surface area contributed by atoms with Crippen LogP contribution < -0.4 is 10.5 Å². The van der Waals surface area contributed by atoms with Crippen molar-refractivity contribution in [2.24, 2.45) is 5.73 Å². The van der Waals surface area contributed by atoms with Gasteiger partial charge in [-0.2, -0.15) is 0 Å². The lowest BCUT2D eigenvalue weighted by Crippen LogP contribution is -2.13. The maximum absolute atomic E-state index is 6.41. The summed E-state index contributed by atoms with van der Waals surface area (Å²) in [4.78, 5) is 0. The molecular formula is C16H16BrNO. The van der Waals surface area contributed by atoms with Gasteiger partial charge in [0.05, 0.1) is 12.6 Å². The summed E-state index contributed by atoms with van der Waals surface area (Å²) in [5.41, 5.74) is 11.1. The van der Waals surface area contributed by atoms with Gasteiger partial charge in [0, 0.05) is 16.5 Å². The zero-order chi connectivity index (χ0) is 13.4. The Kier molecular flexibility index (Phi) is 3.33. The minimum atomic E-state index is -0.148. The normalized spacial score (nSPS) is 14.9. The van der Waals surface area contributed by atoms with Gasteiger partial charge in [0.25, 0.3) is 0 Å². The van der Waals surface area contributed by atoms with Gasteiger partial charge in [-0.05, 0) is 30.2 Å². The molecule has 2 nitrogen and oxygen atoms in total. The smallest absolute Gasteiger partial charge is 0.127 e. The number of aryl methyl sites for hydroxylation is 1. The average Bonchev–Trinajstić information content (AvgIpc) is 2.85. The highest BCUT2D eigenvalue weighted by atomic mass is 79.9. The Morgan fingerprint density at radius 2 is 1.95 bits per heavy atom. The molecule has 0 amide bonds. The molecule has 98 valence electrons. The van der Waals surface area contributed by atoms with E-state index in [1.807, 2.05) is 0 Å². The Morgan fingerprint density at radius 3 is 2.68 bits per heavy atom. The third-order valence-corrected chi connectivity index (χ3v) is 4.01. The van der Waals surface area contributed by atoms with E-state index in [0.717, 1.165) is 34.4 Å². The molecule has 3 heteroatoms. The van der Waals surface area contributed by atoms with E-state index in [-0.39, 0.29) is 6.04 Å². The lowest BCUT2D eigenvalue weighted by atomic mass is 9.96. The highest BCUT2D eigenvalue weighted by molar-refractivity contribution is 9.10. The van der Waals surface area contributed by atoms with Gasteiger partial charge in [-0.3, -0.25) is 0 Å². The van der Waals surface area contributed by atoms with Crippen LogP contribution in [0.2, 0.25) is 0 Å². The second-order valence-electron chi connectivity index (χ2n) is 4.97. The Labute approximate surface area is 121 Å². The molecule has 2 N–H and O–H groups in total. The first-order valence-corrected chi connectivity index (χ1v) is 7.22. The Hall–Kier alpha value is -1.32. The number of rotatable bonds is 2. The molecule has 0 fully saturated rings. The Balaban J connectivity index is 2.04. The molecule has 2 aromatic carbocycles. The van der Waals surface area contributed by atoms with Gasteiger partial charge in [-0.15, -0.1) is 0 Å². The molecule has 1 aliphatic heterocycles. The van der Waals surface area contributed by atoms with Crippen LogP contribution in [0.5, 0.6) is 5.75 Å². The summed E-state index contributed by atoms with van der Waals surface area (Å²) in [6.07, 6.45) is 0.961. The fourth-order valence-electron chi connectivity index (χ4n) is 2.48. The van der Waals surface area contributed by atoms with Crippen LogP contribution >= 0.6 is 15.9 Å². The van der Waals surface area contributed by atoms with Gasteiger partial charge in [0.2, 0.25) is 0 Å². The van der Waals surface area contributed by atoms with Crippen LogP contribution in [0.15, 0.2) is 40.9 Å². The highest BCUT2D eigenvalue weighted by Crippen LogP contribution is 2.37. The zero-order valence-electron chi connectivity index (χ0n) is 10.8. The maximum Gasteiger partial charge on any atom is 0.127 e. The predicted molar refractivity (Wildman–Crippen MR) is 80.6 cm³/mol. The predicted octanol–water partition coefficient (Wildman–Crippen LogP) is 3.74. The minimum absolute atomic E-state index is 0.148. The first kappa shape index (κ1) is 12.7. The summed E-state index contributed by atoms with van der Waals surface area (Å²) in [5, 5.41) is 0. The van der Waals surface area contributed by atoms with Crippen molar-refractivity contribution < 1.29 is 4.74 Å². The third-order valence-electron chi connectivity index (χ3n) is 3.55. The molecule has 0 saturated heterocycles. The van der Waals surface area contributed by atoms with Crippen LogP contribution in [0.4, 0.5) is 0 Å². The van der Waals surface area contributed by atoms with Crippen molar-refractivity contribution in [3.63, 3.8) is 0 Å². The SMILES string of the molecule is Cc1ccc(C(N)c2cc(Br)cc3c2OCC3)cc1. The van der Waals surface area contributed by atoms with Crippen LogP contribution in [-0.4, -0.2) is 6.61 Å².